The Bertz CT molecular complexity index is 549. The molecule has 0 aliphatic carbocycles. The van der Waals surface area contributed by atoms with E-state index in [1.807, 2.05) is 0 Å². The summed E-state index contributed by atoms with van der Waals surface area (Å²) in [5.41, 5.74) is 0. The number of ether oxygens (including phenoxy) is 1. The van der Waals surface area contributed by atoms with Crippen molar-refractivity contribution in [1.29, 1.82) is 0 Å². The number of carbonyl (C=O) groups excluding carboxylic acids is 2. The maximum Gasteiger partial charge on any atom is 0.380 e. The van der Waals surface area contributed by atoms with E-state index in [4.69, 9.17) is 0 Å². The minimum atomic E-state index is -0.829. The summed E-state index contributed by atoms with van der Waals surface area (Å²) in [5.74, 6) is -1.45. The Morgan fingerprint density at radius 2 is 2.28 bits per heavy atom. The van der Waals surface area contributed by atoms with Crippen molar-refractivity contribution in [3.63, 3.8) is 0 Å². The number of esters is 1. The van der Waals surface area contributed by atoms with Gasteiger partial charge in [0.1, 0.15) is 0 Å². The zero-order chi connectivity index (χ0) is 13.0. The zero-order valence-electron chi connectivity index (χ0n) is 9.57. The summed E-state index contributed by atoms with van der Waals surface area (Å²) < 4.78 is 4.65. The number of ketones is 1. The molecule has 0 amide bonds. The Morgan fingerprint density at radius 3 is 2.94 bits per heavy atom. The molecule has 0 aromatic carbocycles. The third-order valence-corrected chi connectivity index (χ3v) is 3.10. The smallest absolute Gasteiger partial charge is 0.380 e. The number of aromatic nitrogens is 4. The molecule has 0 bridgehead atoms. The maximum absolute atomic E-state index is 11.6. The first-order chi connectivity index (χ1) is 8.70. The Balaban J connectivity index is 2.06. The van der Waals surface area contributed by atoms with Gasteiger partial charge in [-0.25, -0.2) is 4.79 Å². The van der Waals surface area contributed by atoms with Crippen LogP contribution in [0.3, 0.4) is 0 Å². The molecule has 2 rings (SSSR count). The standard InChI is InChI=1S/C10H10N4O3S/c1-2-17-10(16)9(15)8-4-3-7(18-8)5-14-12-6-11-13-14/h3-4,6H,2,5H2,1H3. The molecule has 2 aromatic rings. The predicted octanol–water partition coefficient (Wildman–Crippen LogP) is 0.529. The second-order valence-corrected chi connectivity index (χ2v) is 4.45. The molecule has 0 radical (unpaired) electrons. The molecule has 18 heavy (non-hydrogen) atoms. The highest BCUT2D eigenvalue weighted by molar-refractivity contribution is 7.14. The molecule has 0 spiro atoms. The lowest BCUT2D eigenvalue weighted by molar-refractivity contribution is -0.137. The second kappa shape index (κ2) is 5.50. The number of thiophene rings is 1. The minimum absolute atomic E-state index is 0.186. The third-order valence-electron chi connectivity index (χ3n) is 2.03. The van der Waals surface area contributed by atoms with Gasteiger partial charge in [0.25, 0.3) is 5.78 Å². The van der Waals surface area contributed by atoms with Crippen molar-refractivity contribution in [2.45, 2.75) is 13.5 Å². The van der Waals surface area contributed by atoms with E-state index < -0.39 is 11.8 Å². The fraction of sp³-hybridized carbons (Fsp3) is 0.300. The molecule has 0 aliphatic rings. The van der Waals surface area contributed by atoms with Crippen LogP contribution in [0, 0.1) is 0 Å². The highest BCUT2D eigenvalue weighted by Crippen LogP contribution is 2.18. The van der Waals surface area contributed by atoms with Gasteiger partial charge in [0.05, 0.1) is 18.0 Å². The monoisotopic (exact) mass is 266 g/mol. The summed E-state index contributed by atoms with van der Waals surface area (Å²) >= 11 is 1.21. The van der Waals surface area contributed by atoms with Crippen molar-refractivity contribution in [2.24, 2.45) is 0 Å². The average Bonchev–Trinajstić information content (AvgIpc) is 3.00. The molecule has 0 saturated carbocycles. The molecule has 0 unspecified atom stereocenters. The first kappa shape index (κ1) is 12.4. The first-order valence-electron chi connectivity index (χ1n) is 5.21. The molecule has 0 N–H and O–H groups in total. The molecule has 0 atom stereocenters. The molecular formula is C10H10N4O3S. The van der Waals surface area contributed by atoms with Crippen LogP contribution < -0.4 is 0 Å². The second-order valence-electron chi connectivity index (χ2n) is 3.28. The van der Waals surface area contributed by atoms with Crippen molar-refractivity contribution in [3.8, 4) is 0 Å². The van der Waals surface area contributed by atoms with E-state index >= 15 is 0 Å². The van der Waals surface area contributed by atoms with Crippen LogP contribution in [-0.4, -0.2) is 38.6 Å². The van der Waals surface area contributed by atoms with E-state index in [1.165, 1.54) is 22.5 Å². The lowest BCUT2D eigenvalue weighted by atomic mass is 10.3. The summed E-state index contributed by atoms with van der Waals surface area (Å²) in [6, 6.07) is 3.34. The number of Topliss-reactive ketones (excluding diaryl/α,β-unsaturated/α-hetero) is 1. The predicted molar refractivity (Wildman–Crippen MR) is 62.2 cm³/mol. The number of hydrogen-bond donors (Lipinski definition) is 0. The Labute approximate surface area is 106 Å². The van der Waals surface area contributed by atoms with Crippen molar-refractivity contribution in [3.05, 3.63) is 28.2 Å². The van der Waals surface area contributed by atoms with Gasteiger partial charge >= 0.3 is 5.97 Å². The van der Waals surface area contributed by atoms with Gasteiger partial charge in [-0.3, -0.25) is 4.79 Å². The highest BCUT2D eigenvalue weighted by atomic mass is 32.1. The Morgan fingerprint density at radius 1 is 1.44 bits per heavy atom. The fourth-order valence-electron chi connectivity index (χ4n) is 1.28. The molecule has 0 aliphatic heterocycles. The van der Waals surface area contributed by atoms with Gasteiger partial charge in [-0.05, 0) is 24.3 Å². The third kappa shape index (κ3) is 2.77. The normalized spacial score (nSPS) is 10.3. The van der Waals surface area contributed by atoms with E-state index in [0.717, 1.165) is 4.88 Å². The first-order valence-corrected chi connectivity index (χ1v) is 6.03. The van der Waals surface area contributed by atoms with Gasteiger partial charge in [0.2, 0.25) is 0 Å². The van der Waals surface area contributed by atoms with E-state index in [-0.39, 0.29) is 6.61 Å². The quantitative estimate of drug-likeness (QED) is 0.445. The minimum Gasteiger partial charge on any atom is -0.460 e. The van der Waals surface area contributed by atoms with Crippen molar-refractivity contribution < 1.29 is 14.3 Å². The van der Waals surface area contributed by atoms with Gasteiger partial charge in [-0.15, -0.1) is 21.5 Å². The van der Waals surface area contributed by atoms with E-state index in [2.05, 4.69) is 20.1 Å². The van der Waals surface area contributed by atoms with Crippen LogP contribution in [-0.2, 0) is 16.1 Å². The van der Waals surface area contributed by atoms with E-state index in [0.29, 0.717) is 11.4 Å². The largest absolute Gasteiger partial charge is 0.460 e. The summed E-state index contributed by atoms with van der Waals surface area (Å²) in [6.07, 6.45) is 1.33. The van der Waals surface area contributed by atoms with Crippen LogP contribution in [0.25, 0.3) is 0 Å². The number of hydrogen-bond acceptors (Lipinski definition) is 7. The average molecular weight is 266 g/mol. The van der Waals surface area contributed by atoms with Crippen LogP contribution in [0.5, 0.6) is 0 Å². The molecule has 0 saturated heterocycles. The lowest BCUT2D eigenvalue weighted by Crippen LogP contribution is -2.16. The van der Waals surface area contributed by atoms with Crippen molar-refractivity contribution in [2.75, 3.05) is 6.61 Å². The Hall–Kier alpha value is -2.09. The fourth-order valence-corrected chi connectivity index (χ4v) is 2.19. The molecule has 2 heterocycles. The molecule has 7 nitrogen and oxygen atoms in total. The maximum atomic E-state index is 11.6. The summed E-state index contributed by atoms with van der Waals surface area (Å²) in [5, 5.41) is 11.1. The molecule has 8 heteroatoms. The van der Waals surface area contributed by atoms with E-state index in [9.17, 15) is 9.59 Å². The number of rotatable bonds is 5. The SMILES string of the molecule is CCOC(=O)C(=O)c1ccc(Cn2ncnn2)s1. The summed E-state index contributed by atoms with van der Waals surface area (Å²) in [6.45, 7) is 2.26. The van der Waals surface area contributed by atoms with Crippen molar-refractivity contribution >= 4 is 23.1 Å². The number of carbonyl (C=O) groups is 2. The van der Waals surface area contributed by atoms with Gasteiger partial charge in [-0.2, -0.15) is 4.80 Å². The number of nitrogens with zero attached hydrogens (tertiary/aromatic N) is 4. The molecule has 2 aromatic heterocycles. The zero-order valence-corrected chi connectivity index (χ0v) is 10.4. The van der Waals surface area contributed by atoms with Gasteiger partial charge in [0.15, 0.2) is 6.33 Å². The summed E-state index contributed by atoms with van der Waals surface area (Å²) in [4.78, 5) is 25.5. The van der Waals surface area contributed by atoms with Gasteiger partial charge < -0.3 is 4.74 Å². The van der Waals surface area contributed by atoms with Crippen LogP contribution in [0.4, 0.5) is 0 Å². The van der Waals surface area contributed by atoms with Gasteiger partial charge in [-0.1, -0.05) is 0 Å². The van der Waals surface area contributed by atoms with E-state index in [1.54, 1.807) is 19.1 Å². The van der Waals surface area contributed by atoms with Crippen LogP contribution in [0.2, 0.25) is 0 Å². The van der Waals surface area contributed by atoms with Crippen LogP contribution >= 0.6 is 11.3 Å². The number of tetrazole rings is 1. The summed E-state index contributed by atoms with van der Waals surface area (Å²) in [7, 11) is 0. The molecular weight excluding hydrogens is 256 g/mol. The lowest BCUT2D eigenvalue weighted by Gasteiger charge is -1.97. The topological polar surface area (TPSA) is 87.0 Å². The van der Waals surface area contributed by atoms with Crippen LogP contribution in [0.15, 0.2) is 18.5 Å². The van der Waals surface area contributed by atoms with Crippen LogP contribution in [0.1, 0.15) is 21.5 Å². The Kier molecular flexibility index (Phi) is 3.78. The molecule has 0 fully saturated rings. The van der Waals surface area contributed by atoms with Crippen molar-refractivity contribution in [1.82, 2.24) is 20.2 Å². The van der Waals surface area contributed by atoms with Gasteiger partial charge in [0, 0.05) is 4.88 Å². The highest BCUT2D eigenvalue weighted by Gasteiger charge is 2.19. The molecule has 94 valence electrons.